The number of carbonyl (C=O) groups excluding carboxylic acids is 2. The fraction of sp³-hybridized carbons (Fsp3) is 0.393. The molecule has 0 radical (unpaired) electrons. The zero-order chi connectivity index (χ0) is 29.2. The topological polar surface area (TPSA) is 139 Å². The molecule has 40 heavy (non-hydrogen) atoms. The Morgan fingerprint density at radius 1 is 1.10 bits per heavy atom. The lowest BCUT2D eigenvalue weighted by Crippen LogP contribution is -2.47. The zero-order valence-corrected chi connectivity index (χ0v) is 23.9. The van der Waals surface area contributed by atoms with Crippen molar-refractivity contribution in [3.63, 3.8) is 0 Å². The Kier molecular flexibility index (Phi) is 8.45. The van der Waals surface area contributed by atoms with Crippen molar-refractivity contribution in [1.82, 2.24) is 15.0 Å². The Hall–Kier alpha value is -3.96. The average Bonchev–Trinajstić information content (AvgIpc) is 3.25. The van der Waals surface area contributed by atoms with Crippen molar-refractivity contribution in [1.29, 1.82) is 0 Å². The van der Waals surface area contributed by atoms with E-state index in [1.54, 1.807) is 69.1 Å². The molecule has 12 heteroatoms. The van der Waals surface area contributed by atoms with Crippen molar-refractivity contribution in [2.75, 3.05) is 25.7 Å². The molecule has 2 aromatic heterocycles. The molecule has 1 aliphatic rings. The molecule has 3 unspecified atom stereocenters. The van der Waals surface area contributed by atoms with Gasteiger partial charge in [-0.1, -0.05) is 11.6 Å². The monoisotopic (exact) mass is 569 g/mol. The Bertz CT molecular complexity index is 1410. The number of methoxy groups -OCH3 is 2. The van der Waals surface area contributed by atoms with Crippen molar-refractivity contribution < 1.29 is 28.5 Å². The number of ether oxygens (including phenoxy) is 4. The normalized spacial score (nSPS) is 17.1. The first-order valence-corrected chi connectivity index (χ1v) is 13.0. The van der Waals surface area contributed by atoms with E-state index in [9.17, 15) is 9.59 Å². The van der Waals surface area contributed by atoms with Gasteiger partial charge in [0.15, 0.2) is 0 Å². The van der Waals surface area contributed by atoms with Gasteiger partial charge in [-0.25, -0.2) is 19.6 Å². The van der Waals surface area contributed by atoms with E-state index in [2.05, 4.69) is 15.0 Å². The highest BCUT2D eigenvalue weighted by atomic mass is 35.5. The summed E-state index contributed by atoms with van der Waals surface area (Å²) in [4.78, 5) is 40.9. The van der Waals surface area contributed by atoms with E-state index in [0.29, 0.717) is 27.4 Å². The molecular formula is C28H32ClN5O6. The highest BCUT2D eigenvalue weighted by molar-refractivity contribution is 6.30. The smallest absolute Gasteiger partial charge is 0.357 e. The molecule has 0 bridgehead atoms. The van der Waals surface area contributed by atoms with Crippen molar-refractivity contribution >= 4 is 29.2 Å². The van der Waals surface area contributed by atoms with E-state index in [4.69, 9.17) is 36.3 Å². The first-order chi connectivity index (χ1) is 19.0. The van der Waals surface area contributed by atoms with E-state index in [-0.39, 0.29) is 24.2 Å². The summed E-state index contributed by atoms with van der Waals surface area (Å²) in [6, 6.07) is 7.66. The summed E-state index contributed by atoms with van der Waals surface area (Å²) in [5.41, 5.74) is 8.64. The van der Waals surface area contributed by atoms with Gasteiger partial charge < -0.3 is 29.6 Å². The molecule has 0 saturated carbocycles. The maximum absolute atomic E-state index is 13.6. The van der Waals surface area contributed by atoms with Gasteiger partial charge in [-0.05, 0) is 69.2 Å². The van der Waals surface area contributed by atoms with Gasteiger partial charge in [-0.2, -0.15) is 4.98 Å². The van der Waals surface area contributed by atoms with Gasteiger partial charge in [0.2, 0.25) is 5.88 Å². The number of nitrogens with two attached hydrogens (primary N) is 1. The predicted octanol–water partition coefficient (Wildman–Crippen LogP) is 4.04. The third kappa shape index (κ3) is 5.80. The van der Waals surface area contributed by atoms with E-state index in [0.717, 1.165) is 0 Å². The number of pyridine rings is 1. The third-order valence-corrected chi connectivity index (χ3v) is 6.48. The molecule has 11 nitrogen and oxygen atoms in total. The summed E-state index contributed by atoms with van der Waals surface area (Å²) in [6.45, 7) is 7.19. The van der Waals surface area contributed by atoms with Gasteiger partial charge in [-0.15, -0.1) is 0 Å². The van der Waals surface area contributed by atoms with Gasteiger partial charge in [0.1, 0.15) is 23.5 Å². The number of benzene rings is 1. The summed E-state index contributed by atoms with van der Waals surface area (Å²) < 4.78 is 21.7. The highest BCUT2D eigenvalue weighted by Crippen LogP contribution is 2.50. The van der Waals surface area contributed by atoms with Crippen LogP contribution in [0.1, 0.15) is 67.0 Å². The fourth-order valence-corrected chi connectivity index (χ4v) is 4.88. The van der Waals surface area contributed by atoms with Crippen LogP contribution in [0.5, 0.6) is 11.9 Å². The molecule has 0 amide bonds. The highest BCUT2D eigenvalue weighted by Gasteiger charge is 2.48. The first-order valence-electron chi connectivity index (χ1n) is 12.6. The molecule has 0 aliphatic carbocycles. The maximum atomic E-state index is 13.6. The average molecular weight is 570 g/mol. The largest absolute Gasteiger partial charge is 0.481 e. The summed E-state index contributed by atoms with van der Waals surface area (Å²) in [6.07, 6.45) is 2.13. The molecule has 0 spiro atoms. The number of rotatable bonds is 8. The second kappa shape index (κ2) is 11.6. The molecular weight excluding hydrogens is 538 g/mol. The SMILES string of the molecule is CCOC(=O)C1C(c2cnc(OC)nc2OC)c2cc(Cl)ccc2N1C(N)c1ccnc(C(=O)OC(C)(C)C)c1. The Balaban J connectivity index is 1.86. The quantitative estimate of drug-likeness (QED) is 0.393. The summed E-state index contributed by atoms with van der Waals surface area (Å²) in [5.74, 6) is -1.54. The molecule has 0 fully saturated rings. The molecule has 4 rings (SSSR count). The minimum absolute atomic E-state index is 0.0906. The van der Waals surface area contributed by atoms with Crippen LogP contribution in [-0.2, 0) is 14.3 Å². The van der Waals surface area contributed by atoms with Gasteiger partial charge in [0, 0.05) is 34.6 Å². The number of halogens is 1. The van der Waals surface area contributed by atoms with Crippen LogP contribution >= 0.6 is 11.6 Å². The van der Waals surface area contributed by atoms with Crippen LogP contribution in [0, 0.1) is 0 Å². The van der Waals surface area contributed by atoms with Crippen LogP contribution in [0.4, 0.5) is 5.69 Å². The van der Waals surface area contributed by atoms with Crippen LogP contribution in [0.2, 0.25) is 5.02 Å². The number of aromatic nitrogens is 3. The van der Waals surface area contributed by atoms with Gasteiger partial charge >= 0.3 is 17.9 Å². The summed E-state index contributed by atoms with van der Waals surface area (Å²) in [7, 11) is 2.92. The van der Waals surface area contributed by atoms with E-state index in [1.807, 2.05) is 0 Å². The minimum Gasteiger partial charge on any atom is -0.481 e. The van der Waals surface area contributed by atoms with Gasteiger partial charge in [0.05, 0.1) is 20.8 Å². The molecule has 0 saturated heterocycles. The Morgan fingerprint density at radius 2 is 1.85 bits per heavy atom. The minimum atomic E-state index is -0.951. The second-order valence-electron chi connectivity index (χ2n) is 10.0. The van der Waals surface area contributed by atoms with Crippen LogP contribution in [0.25, 0.3) is 0 Å². The van der Waals surface area contributed by atoms with Gasteiger partial charge in [-0.3, -0.25) is 0 Å². The number of hydrogen-bond donors (Lipinski definition) is 1. The van der Waals surface area contributed by atoms with E-state index < -0.39 is 35.7 Å². The predicted molar refractivity (Wildman–Crippen MR) is 148 cm³/mol. The number of nitrogens with zero attached hydrogens (tertiary/aromatic N) is 4. The summed E-state index contributed by atoms with van der Waals surface area (Å²) in [5, 5.41) is 0.464. The lowest BCUT2D eigenvalue weighted by atomic mass is 9.88. The van der Waals surface area contributed by atoms with Crippen molar-refractivity contribution in [3.05, 3.63) is 70.1 Å². The molecule has 212 valence electrons. The number of anilines is 1. The van der Waals surface area contributed by atoms with Crippen molar-refractivity contribution in [3.8, 4) is 11.9 Å². The number of carbonyl (C=O) groups is 2. The second-order valence-corrected chi connectivity index (χ2v) is 10.5. The lowest BCUT2D eigenvalue weighted by molar-refractivity contribution is -0.145. The molecule has 1 aliphatic heterocycles. The van der Waals surface area contributed by atoms with Gasteiger partial charge in [0.25, 0.3) is 0 Å². The van der Waals surface area contributed by atoms with Crippen LogP contribution in [0.3, 0.4) is 0 Å². The molecule has 3 aromatic rings. The van der Waals surface area contributed by atoms with E-state index >= 15 is 0 Å². The standard InChI is InChI=1S/C28H32ClN5O6/c1-7-39-26(36)22-21(18-14-32-27(38-6)33-24(18)37-5)17-13-16(29)8-9-20(17)34(22)23(30)15-10-11-31-19(12-15)25(35)40-28(2,3)4/h8-14,21-23H,7,30H2,1-6H3. The third-order valence-electron chi connectivity index (χ3n) is 6.25. The molecule has 2 N–H and O–H groups in total. The Morgan fingerprint density at radius 3 is 2.50 bits per heavy atom. The Labute approximate surface area is 237 Å². The summed E-state index contributed by atoms with van der Waals surface area (Å²) >= 11 is 6.43. The molecule has 3 heterocycles. The van der Waals surface area contributed by atoms with Crippen LogP contribution in [0.15, 0.2) is 42.7 Å². The lowest BCUT2D eigenvalue weighted by Gasteiger charge is -2.34. The van der Waals surface area contributed by atoms with Crippen molar-refractivity contribution in [2.24, 2.45) is 5.73 Å². The first kappa shape index (κ1) is 29.0. The van der Waals surface area contributed by atoms with Crippen molar-refractivity contribution in [2.45, 2.75) is 51.4 Å². The maximum Gasteiger partial charge on any atom is 0.357 e. The number of esters is 2. The van der Waals surface area contributed by atoms with Crippen LogP contribution < -0.4 is 20.1 Å². The number of hydrogen-bond acceptors (Lipinski definition) is 11. The molecule has 1 aromatic carbocycles. The molecule has 3 atom stereocenters. The number of fused-ring (bicyclic) bond motifs is 1. The fourth-order valence-electron chi connectivity index (χ4n) is 4.70. The van der Waals surface area contributed by atoms with E-state index in [1.165, 1.54) is 20.4 Å². The van der Waals surface area contributed by atoms with Crippen LogP contribution in [-0.4, -0.2) is 59.4 Å². The zero-order valence-electron chi connectivity index (χ0n) is 23.2.